The monoisotopic (exact) mass is 764 g/mol. The smallest absolute Gasteiger partial charge is 0.235 e. The van der Waals surface area contributed by atoms with Crippen molar-refractivity contribution in [3.05, 3.63) is 179 Å². The first-order valence-corrected chi connectivity index (χ1v) is 21.1. The molecule has 6 aromatic carbocycles. The molecule has 4 nitrogen and oxygen atoms in total. The van der Waals surface area contributed by atoms with Crippen molar-refractivity contribution < 1.29 is 0 Å². The maximum absolute atomic E-state index is 5.33. The molecule has 0 fully saturated rings. The molecule has 0 N–H and O–H groups in total. The van der Waals surface area contributed by atoms with Crippen molar-refractivity contribution in [2.24, 2.45) is 0 Å². The maximum Gasteiger partial charge on any atom is 0.235 e. The molecule has 0 saturated carbocycles. The Morgan fingerprint density at radius 3 is 2.05 bits per heavy atom. The van der Waals surface area contributed by atoms with Gasteiger partial charge in [-0.2, -0.15) is 0 Å². The van der Waals surface area contributed by atoms with E-state index in [0.717, 1.165) is 58.7 Å². The predicted molar refractivity (Wildman–Crippen MR) is 246 cm³/mol. The third-order valence-electron chi connectivity index (χ3n) is 11.7. The first-order chi connectivity index (χ1) is 28.7. The van der Waals surface area contributed by atoms with Crippen LogP contribution in [-0.2, 0) is 12.8 Å². The molecule has 0 amide bonds. The van der Waals surface area contributed by atoms with Crippen molar-refractivity contribution in [3.8, 4) is 45.3 Å². The number of allylic oxidation sites excluding steroid dienone is 2. The van der Waals surface area contributed by atoms with Crippen LogP contribution in [-0.4, -0.2) is 19.1 Å². The van der Waals surface area contributed by atoms with Gasteiger partial charge in [0, 0.05) is 42.6 Å². The minimum Gasteiger partial charge on any atom is -0.309 e. The Kier molecular flexibility index (Phi) is 8.30. The lowest BCUT2D eigenvalue weighted by atomic mass is 9.98. The standard InChI is InChI=1S/C53H40N4S/c1-3-17-45-38(4-2)50-48(57(45)53-54-43(34-18-7-5-8-19-34)33-44(55-53)35-20-9-6-10-21-35)31-30-47-51(50)42-25-11-13-28-46(42)56(47)37-23-15-22-36(32-37)39-26-16-27-41-40-24-12-14-29-49(40)58-52(39)41/h3,5-11,13-23,25-33H,4,12,24H2,1-2H3/b17-3-. The summed E-state index contributed by atoms with van der Waals surface area (Å²) in [6.45, 7) is 4.36. The SMILES string of the molecule is C/C=C\c1c(CC)c2c3c4ccccc4n(-c4cccc(-c5cccc6c7c(sc56)C=CCC7)c4)c3ccc2n1-c1nc(-c2ccccc2)cc(-c2ccccc2)n1. The van der Waals surface area contributed by atoms with Crippen molar-refractivity contribution >= 4 is 66.3 Å². The van der Waals surface area contributed by atoms with Crippen LogP contribution < -0.4 is 0 Å². The predicted octanol–water partition coefficient (Wildman–Crippen LogP) is 14.3. The fourth-order valence-electron chi connectivity index (χ4n) is 9.21. The number of thiophene rings is 1. The topological polar surface area (TPSA) is 35.6 Å². The minimum atomic E-state index is 0.661. The van der Waals surface area contributed by atoms with Crippen LogP contribution in [0.5, 0.6) is 0 Å². The molecule has 0 saturated heterocycles. The van der Waals surface area contributed by atoms with Gasteiger partial charge in [-0.05, 0) is 102 Å². The molecule has 11 rings (SSSR count). The first-order valence-electron chi connectivity index (χ1n) is 20.2. The maximum atomic E-state index is 5.33. The molecular formula is C53H40N4S. The summed E-state index contributed by atoms with van der Waals surface area (Å²) >= 11 is 1.93. The molecule has 0 spiro atoms. The highest BCUT2D eigenvalue weighted by atomic mass is 32.1. The lowest BCUT2D eigenvalue weighted by Gasteiger charge is -2.13. The van der Waals surface area contributed by atoms with Gasteiger partial charge in [0.1, 0.15) is 0 Å². The van der Waals surface area contributed by atoms with Gasteiger partial charge in [-0.1, -0.05) is 128 Å². The number of aryl methyl sites for hydroxylation is 2. The molecule has 0 aliphatic heterocycles. The fraction of sp³-hybridized carbons (Fsp3) is 0.0943. The van der Waals surface area contributed by atoms with E-state index >= 15 is 0 Å². The number of para-hydroxylation sites is 1. The van der Waals surface area contributed by atoms with Crippen LogP contribution in [0, 0.1) is 0 Å². The summed E-state index contributed by atoms with van der Waals surface area (Å²) < 4.78 is 6.12. The molecule has 278 valence electrons. The van der Waals surface area contributed by atoms with Gasteiger partial charge in [0.15, 0.2) is 0 Å². The zero-order chi connectivity index (χ0) is 38.7. The molecule has 0 radical (unpaired) electrons. The summed E-state index contributed by atoms with van der Waals surface area (Å²) in [5.74, 6) is 0.661. The van der Waals surface area contributed by atoms with Gasteiger partial charge in [-0.15, -0.1) is 11.3 Å². The van der Waals surface area contributed by atoms with E-state index in [1.54, 1.807) is 0 Å². The van der Waals surface area contributed by atoms with Gasteiger partial charge in [0.25, 0.3) is 0 Å². The molecule has 10 aromatic rings. The van der Waals surface area contributed by atoms with Gasteiger partial charge in [-0.3, -0.25) is 4.57 Å². The Morgan fingerprint density at radius 1 is 0.638 bits per heavy atom. The van der Waals surface area contributed by atoms with E-state index in [-0.39, 0.29) is 0 Å². The van der Waals surface area contributed by atoms with E-state index in [2.05, 4.69) is 181 Å². The normalized spacial score (nSPS) is 12.8. The lowest BCUT2D eigenvalue weighted by molar-refractivity contribution is 0.948. The van der Waals surface area contributed by atoms with Crippen molar-refractivity contribution in [1.29, 1.82) is 0 Å². The summed E-state index contributed by atoms with van der Waals surface area (Å²) in [4.78, 5) is 12.1. The summed E-state index contributed by atoms with van der Waals surface area (Å²) in [5.41, 5.74) is 14.9. The average Bonchev–Trinajstić information content (AvgIpc) is 3.94. The van der Waals surface area contributed by atoms with Gasteiger partial charge >= 0.3 is 0 Å². The van der Waals surface area contributed by atoms with Crippen LogP contribution in [0.2, 0.25) is 0 Å². The van der Waals surface area contributed by atoms with Crippen LogP contribution in [0.15, 0.2) is 158 Å². The molecule has 5 heteroatoms. The number of fused-ring (bicyclic) bond motifs is 8. The van der Waals surface area contributed by atoms with E-state index in [1.165, 1.54) is 64.4 Å². The Bertz CT molecular complexity index is 3210. The van der Waals surface area contributed by atoms with Gasteiger partial charge in [0.05, 0.1) is 33.6 Å². The van der Waals surface area contributed by atoms with Crippen molar-refractivity contribution in [3.63, 3.8) is 0 Å². The summed E-state index contributed by atoms with van der Waals surface area (Å²) in [5, 5.41) is 5.13. The molecule has 58 heavy (non-hydrogen) atoms. The van der Waals surface area contributed by atoms with E-state index < -0.39 is 0 Å². The molecule has 4 aromatic heterocycles. The Hall–Kier alpha value is -6.82. The van der Waals surface area contributed by atoms with E-state index in [0.29, 0.717) is 5.95 Å². The number of hydrogen-bond donors (Lipinski definition) is 0. The summed E-state index contributed by atoms with van der Waals surface area (Å²) in [6, 6.07) is 52.4. The Morgan fingerprint density at radius 2 is 1.31 bits per heavy atom. The van der Waals surface area contributed by atoms with Crippen LogP contribution in [0.4, 0.5) is 0 Å². The largest absolute Gasteiger partial charge is 0.309 e. The Balaban J connectivity index is 1.17. The minimum absolute atomic E-state index is 0.661. The zero-order valence-corrected chi connectivity index (χ0v) is 33.3. The third-order valence-corrected chi connectivity index (χ3v) is 13.0. The molecule has 0 unspecified atom stereocenters. The molecule has 0 bridgehead atoms. The molecule has 1 aliphatic carbocycles. The first kappa shape index (κ1) is 34.4. The molecule has 0 atom stereocenters. The van der Waals surface area contributed by atoms with Gasteiger partial charge in [0.2, 0.25) is 5.95 Å². The average molecular weight is 765 g/mol. The highest BCUT2D eigenvalue weighted by Crippen LogP contribution is 2.44. The summed E-state index contributed by atoms with van der Waals surface area (Å²) in [6.07, 6.45) is 12.1. The second kappa shape index (κ2) is 14.0. The lowest BCUT2D eigenvalue weighted by Crippen LogP contribution is -2.06. The van der Waals surface area contributed by atoms with E-state index in [4.69, 9.17) is 9.97 Å². The van der Waals surface area contributed by atoms with Crippen LogP contribution >= 0.6 is 11.3 Å². The number of nitrogens with zero attached hydrogens (tertiary/aromatic N) is 4. The number of benzene rings is 6. The second-order valence-electron chi connectivity index (χ2n) is 15.0. The quantitative estimate of drug-likeness (QED) is 0.162. The van der Waals surface area contributed by atoms with Crippen LogP contribution in [0.25, 0.3) is 100 Å². The zero-order valence-electron chi connectivity index (χ0n) is 32.5. The van der Waals surface area contributed by atoms with E-state index in [9.17, 15) is 0 Å². The van der Waals surface area contributed by atoms with Crippen molar-refractivity contribution in [1.82, 2.24) is 19.1 Å². The number of rotatable bonds is 7. The highest BCUT2D eigenvalue weighted by Gasteiger charge is 2.25. The highest BCUT2D eigenvalue weighted by molar-refractivity contribution is 7.20. The van der Waals surface area contributed by atoms with Crippen molar-refractivity contribution in [2.45, 2.75) is 33.1 Å². The second-order valence-corrected chi connectivity index (χ2v) is 16.1. The van der Waals surface area contributed by atoms with Crippen molar-refractivity contribution in [2.75, 3.05) is 0 Å². The summed E-state index contributed by atoms with van der Waals surface area (Å²) in [7, 11) is 0. The molecular weight excluding hydrogens is 725 g/mol. The molecule has 4 heterocycles. The van der Waals surface area contributed by atoms with E-state index in [1.807, 2.05) is 23.5 Å². The number of aromatic nitrogens is 4. The molecule has 1 aliphatic rings. The Labute approximate surface area is 341 Å². The third kappa shape index (κ3) is 5.42. The van der Waals surface area contributed by atoms with Gasteiger partial charge in [-0.25, -0.2) is 9.97 Å². The van der Waals surface area contributed by atoms with Crippen LogP contribution in [0.3, 0.4) is 0 Å². The van der Waals surface area contributed by atoms with Crippen LogP contribution in [0.1, 0.15) is 42.0 Å². The van der Waals surface area contributed by atoms with Gasteiger partial charge < -0.3 is 4.57 Å². The fourth-order valence-corrected chi connectivity index (χ4v) is 10.5. The number of hydrogen-bond acceptors (Lipinski definition) is 3.